The number of halogens is 1. The molecule has 1 N–H and O–H groups in total. The van der Waals surface area contributed by atoms with Crippen LogP contribution >= 0.6 is 0 Å². The number of aromatic nitrogens is 5. The van der Waals surface area contributed by atoms with Gasteiger partial charge in [0.2, 0.25) is 5.95 Å². The van der Waals surface area contributed by atoms with Crippen LogP contribution in [0.25, 0.3) is 22.3 Å². The van der Waals surface area contributed by atoms with Gasteiger partial charge in [0, 0.05) is 30.2 Å². The van der Waals surface area contributed by atoms with Crippen LogP contribution in [0.2, 0.25) is 0 Å². The zero-order valence-electron chi connectivity index (χ0n) is 18.6. The molecule has 4 heterocycles. The van der Waals surface area contributed by atoms with E-state index in [9.17, 15) is 4.39 Å². The van der Waals surface area contributed by atoms with Gasteiger partial charge in [0.15, 0.2) is 0 Å². The highest BCUT2D eigenvalue weighted by Crippen LogP contribution is 2.29. The number of hydrogen-bond acceptors (Lipinski definition) is 6. The quantitative estimate of drug-likeness (QED) is 0.409. The van der Waals surface area contributed by atoms with Gasteiger partial charge in [0.1, 0.15) is 28.5 Å². The third kappa shape index (κ3) is 3.98. The Morgan fingerprint density at radius 2 is 1.97 bits per heavy atom. The van der Waals surface area contributed by atoms with E-state index in [0.717, 1.165) is 5.75 Å². The fourth-order valence-corrected chi connectivity index (χ4v) is 4.04. The number of anilines is 1. The molecule has 0 atom stereocenters. The van der Waals surface area contributed by atoms with Crippen LogP contribution in [0.3, 0.4) is 0 Å². The van der Waals surface area contributed by atoms with E-state index in [1.54, 1.807) is 25.4 Å². The van der Waals surface area contributed by atoms with Crippen molar-refractivity contribution in [3.05, 3.63) is 95.2 Å². The second kappa shape index (κ2) is 8.44. The average Bonchev–Trinajstić information content (AvgIpc) is 3.55. The predicted octanol–water partition coefficient (Wildman–Crippen LogP) is 4.08. The minimum absolute atomic E-state index is 0.363. The Balaban J connectivity index is 1.26. The molecule has 1 aliphatic heterocycles. The second-order valence-electron chi connectivity index (χ2n) is 8.05. The van der Waals surface area contributed by atoms with Crippen LogP contribution in [0.15, 0.2) is 54.7 Å². The van der Waals surface area contributed by atoms with Crippen molar-refractivity contribution in [3.63, 3.8) is 0 Å². The molecule has 0 fully saturated rings. The first-order valence-corrected chi connectivity index (χ1v) is 10.9. The van der Waals surface area contributed by atoms with E-state index in [1.807, 2.05) is 24.3 Å². The molecule has 168 valence electrons. The van der Waals surface area contributed by atoms with Crippen molar-refractivity contribution in [1.29, 1.82) is 0 Å². The summed E-state index contributed by atoms with van der Waals surface area (Å²) in [5.74, 6) is 6.96. The zero-order chi connectivity index (χ0) is 23.8. The standard InChI is InChI=1S/C27H17FN6O/c1-35-22-8-6-18-15-34(16-20(18)13-22)27-29-10-9-25(32-27)24-4-2-3-21(31-24)7-5-17-11-19-14-30-33-26(19)23(28)12-17/h2-4,6,8,11-14H,15-16H2,1H3,(H,30,33). The van der Waals surface area contributed by atoms with Crippen LogP contribution in [0.4, 0.5) is 10.3 Å². The van der Waals surface area contributed by atoms with E-state index in [-0.39, 0.29) is 0 Å². The Morgan fingerprint density at radius 1 is 1.06 bits per heavy atom. The molecule has 7 nitrogen and oxygen atoms in total. The van der Waals surface area contributed by atoms with Gasteiger partial charge in [-0.3, -0.25) is 5.10 Å². The molecule has 8 heteroatoms. The van der Waals surface area contributed by atoms with Crippen LogP contribution < -0.4 is 9.64 Å². The molecule has 0 saturated carbocycles. The van der Waals surface area contributed by atoms with Gasteiger partial charge in [-0.05, 0) is 59.5 Å². The van der Waals surface area contributed by atoms with E-state index in [2.05, 4.69) is 60.2 Å². The van der Waals surface area contributed by atoms with Crippen molar-refractivity contribution in [3.8, 4) is 29.0 Å². The van der Waals surface area contributed by atoms with Crippen LogP contribution in [-0.2, 0) is 13.1 Å². The molecule has 0 saturated heterocycles. The highest BCUT2D eigenvalue weighted by molar-refractivity contribution is 5.80. The van der Waals surface area contributed by atoms with Crippen LogP contribution in [0.1, 0.15) is 22.4 Å². The predicted molar refractivity (Wildman–Crippen MR) is 128 cm³/mol. The van der Waals surface area contributed by atoms with Crippen LogP contribution in [-0.4, -0.2) is 32.3 Å². The molecular weight excluding hydrogens is 443 g/mol. The van der Waals surface area contributed by atoms with E-state index >= 15 is 0 Å². The fourth-order valence-electron chi connectivity index (χ4n) is 4.04. The summed E-state index contributed by atoms with van der Waals surface area (Å²) in [6.45, 7) is 1.38. The Labute approximate surface area is 200 Å². The van der Waals surface area contributed by atoms with Gasteiger partial charge < -0.3 is 9.64 Å². The number of nitrogens with zero attached hydrogens (tertiary/aromatic N) is 5. The minimum atomic E-state index is -0.396. The van der Waals surface area contributed by atoms with E-state index in [1.165, 1.54) is 17.2 Å². The van der Waals surface area contributed by atoms with Gasteiger partial charge in [-0.25, -0.2) is 14.4 Å². The number of ether oxygens (including phenoxy) is 1. The normalized spacial score (nSPS) is 12.1. The lowest BCUT2D eigenvalue weighted by molar-refractivity contribution is 0.414. The van der Waals surface area contributed by atoms with Gasteiger partial charge in [0.25, 0.3) is 0 Å². The van der Waals surface area contributed by atoms with Crippen molar-refractivity contribution in [1.82, 2.24) is 25.1 Å². The highest BCUT2D eigenvalue weighted by Gasteiger charge is 2.22. The summed E-state index contributed by atoms with van der Waals surface area (Å²) >= 11 is 0. The highest BCUT2D eigenvalue weighted by atomic mass is 19.1. The first kappa shape index (κ1) is 20.6. The van der Waals surface area contributed by atoms with E-state index in [4.69, 9.17) is 4.74 Å². The number of fused-ring (bicyclic) bond motifs is 2. The topological polar surface area (TPSA) is 79.8 Å². The number of hydrogen-bond donors (Lipinski definition) is 1. The lowest BCUT2D eigenvalue weighted by atomic mass is 10.1. The number of pyridine rings is 1. The summed E-state index contributed by atoms with van der Waals surface area (Å²) in [6, 6.07) is 17.6. The number of nitrogens with one attached hydrogen (secondary N) is 1. The number of benzene rings is 2. The summed E-state index contributed by atoms with van der Waals surface area (Å²) in [7, 11) is 1.66. The SMILES string of the molecule is COc1ccc2c(c1)CN(c1nc#cc(-c3cccc(C#Cc4cc(F)c5[nH]ncc5c4)n3)n1)C2. The second-order valence-corrected chi connectivity index (χ2v) is 8.05. The monoisotopic (exact) mass is 460 g/mol. The molecule has 0 bridgehead atoms. The molecule has 2 aromatic carbocycles. The lowest BCUT2D eigenvalue weighted by Gasteiger charge is -2.14. The van der Waals surface area contributed by atoms with Gasteiger partial charge in [-0.15, -0.1) is 0 Å². The van der Waals surface area contributed by atoms with Gasteiger partial charge in [-0.1, -0.05) is 18.1 Å². The largest absolute Gasteiger partial charge is 0.497 e. The average molecular weight is 460 g/mol. The first-order chi connectivity index (χ1) is 17.2. The van der Waals surface area contributed by atoms with Gasteiger partial charge in [0.05, 0.1) is 19.0 Å². The maximum absolute atomic E-state index is 14.2. The van der Waals surface area contributed by atoms with Crippen molar-refractivity contribution in [2.75, 3.05) is 12.0 Å². The van der Waals surface area contributed by atoms with Crippen molar-refractivity contribution < 1.29 is 9.13 Å². The molecule has 0 unspecified atom stereocenters. The van der Waals surface area contributed by atoms with Crippen molar-refractivity contribution in [2.24, 2.45) is 0 Å². The molecule has 3 aromatic heterocycles. The van der Waals surface area contributed by atoms with Crippen LogP contribution in [0, 0.1) is 29.9 Å². The molecular formula is C27H17FN6O. The molecule has 6 rings (SSSR count). The number of methoxy groups -OCH3 is 1. The summed E-state index contributed by atoms with van der Waals surface area (Å²) in [6.07, 6.45) is 4.39. The smallest absolute Gasteiger partial charge is 0.236 e. The number of aromatic amines is 1. The molecule has 0 spiro atoms. The number of H-pyrrole nitrogens is 1. The molecule has 5 aromatic rings. The van der Waals surface area contributed by atoms with Gasteiger partial charge >= 0.3 is 0 Å². The van der Waals surface area contributed by atoms with Crippen molar-refractivity contribution >= 4 is 16.9 Å². The summed E-state index contributed by atoms with van der Waals surface area (Å²) in [5.41, 5.74) is 4.96. The number of rotatable bonds is 3. The van der Waals surface area contributed by atoms with Gasteiger partial charge in [-0.2, -0.15) is 10.1 Å². The van der Waals surface area contributed by atoms with E-state index < -0.39 is 5.82 Å². The Morgan fingerprint density at radius 3 is 2.89 bits per heavy atom. The zero-order valence-corrected chi connectivity index (χ0v) is 18.6. The molecule has 0 radical (unpaired) electrons. The minimum Gasteiger partial charge on any atom is -0.497 e. The molecule has 35 heavy (non-hydrogen) atoms. The maximum Gasteiger partial charge on any atom is 0.236 e. The molecule has 0 amide bonds. The van der Waals surface area contributed by atoms with Crippen molar-refractivity contribution in [2.45, 2.75) is 13.1 Å². The molecule has 0 aliphatic carbocycles. The Hall–Kier alpha value is -4.95. The fraction of sp³-hybridized carbons (Fsp3) is 0.111. The third-order valence-corrected chi connectivity index (χ3v) is 5.79. The summed E-state index contributed by atoms with van der Waals surface area (Å²) < 4.78 is 19.5. The summed E-state index contributed by atoms with van der Waals surface area (Å²) in [5, 5.41) is 7.17. The van der Waals surface area contributed by atoms with Crippen LogP contribution in [0.5, 0.6) is 5.75 Å². The first-order valence-electron chi connectivity index (χ1n) is 10.9. The van der Waals surface area contributed by atoms with E-state index in [0.29, 0.717) is 52.6 Å². The Kier molecular flexibility index (Phi) is 4.98. The summed E-state index contributed by atoms with van der Waals surface area (Å²) in [4.78, 5) is 15.7. The maximum atomic E-state index is 14.2. The third-order valence-electron chi connectivity index (χ3n) is 5.79. The molecule has 1 aliphatic rings. The lowest BCUT2D eigenvalue weighted by Crippen LogP contribution is -2.17. The Bertz CT molecular complexity index is 1630.